The number of amides is 1. The Labute approximate surface area is 113 Å². The molecular formula is C15H19NO3. The molecule has 2 atom stereocenters. The van der Waals surface area contributed by atoms with Crippen LogP contribution in [0.4, 0.5) is 0 Å². The fourth-order valence-corrected chi connectivity index (χ4v) is 2.25. The molecule has 1 fully saturated rings. The number of benzene rings is 1. The number of hydrogen-bond donors (Lipinski definition) is 0. The van der Waals surface area contributed by atoms with Gasteiger partial charge in [0.1, 0.15) is 6.04 Å². The van der Waals surface area contributed by atoms with Crippen molar-refractivity contribution >= 4 is 11.9 Å². The van der Waals surface area contributed by atoms with Gasteiger partial charge < -0.3 is 9.64 Å². The summed E-state index contributed by atoms with van der Waals surface area (Å²) in [5.74, 6) is -0.434. The lowest BCUT2D eigenvalue weighted by atomic mass is 9.99. The van der Waals surface area contributed by atoms with Crippen molar-refractivity contribution in [2.45, 2.75) is 32.4 Å². The van der Waals surface area contributed by atoms with E-state index in [9.17, 15) is 9.59 Å². The molecule has 0 spiro atoms. The molecule has 1 aromatic rings. The van der Waals surface area contributed by atoms with Gasteiger partial charge in [-0.25, -0.2) is 4.79 Å². The van der Waals surface area contributed by atoms with Crippen molar-refractivity contribution in [1.29, 1.82) is 0 Å². The molecule has 4 nitrogen and oxygen atoms in total. The van der Waals surface area contributed by atoms with Crippen molar-refractivity contribution in [3.8, 4) is 0 Å². The van der Waals surface area contributed by atoms with Gasteiger partial charge in [-0.15, -0.1) is 0 Å². The minimum absolute atomic E-state index is 0.00317. The number of morpholine rings is 1. The van der Waals surface area contributed by atoms with Crippen LogP contribution in [-0.2, 0) is 20.7 Å². The average molecular weight is 261 g/mol. The predicted molar refractivity (Wildman–Crippen MR) is 71.4 cm³/mol. The van der Waals surface area contributed by atoms with E-state index in [0.29, 0.717) is 6.42 Å². The molecule has 0 saturated carbocycles. The fraction of sp³-hybridized carbons (Fsp3) is 0.467. The molecule has 1 aromatic carbocycles. The lowest BCUT2D eigenvalue weighted by Gasteiger charge is -2.37. The Morgan fingerprint density at radius 2 is 1.84 bits per heavy atom. The number of rotatable bonds is 3. The van der Waals surface area contributed by atoms with Gasteiger partial charge in [0, 0.05) is 13.5 Å². The highest BCUT2D eigenvalue weighted by Crippen LogP contribution is 2.21. The van der Waals surface area contributed by atoms with Crippen molar-refractivity contribution in [3.05, 3.63) is 35.9 Å². The van der Waals surface area contributed by atoms with Gasteiger partial charge in [0.2, 0.25) is 0 Å². The van der Waals surface area contributed by atoms with Crippen LogP contribution in [0, 0.1) is 5.92 Å². The van der Waals surface area contributed by atoms with E-state index in [1.54, 1.807) is 7.05 Å². The number of hydrogen-bond acceptors (Lipinski definition) is 3. The quantitative estimate of drug-likeness (QED) is 0.777. The Kier molecular flexibility index (Phi) is 3.88. The summed E-state index contributed by atoms with van der Waals surface area (Å²) in [6.07, 6.45) is -0.156. The van der Waals surface area contributed by atoms with Crippen LogP contribution in [0.3, 0.4) is 0 Å². The van der Waals surface area contributed by atoms with Gasteiger partial charge in [0.25, 0.3) is 5.91 Å². The van der Waals surface area contributed by atoms with Gasteiger partial charge in [0.05, 0.1) is 0 Å². The van der Waals surface area contributed by atoms with E-state index in [4.69, 9.17) is 4.74 Å². The standard InChI is InChI=1S/C15H19NO3/c1-10(2)13-14(17)16(3)12(15(18)19-13)9-11-7-5-4-6-8-11/h4-8,10,12-13H,9H2,1-3H3/t12-,13-/m1/s1. The van der Waals surface area contributed by atoms with E-state index in [1.165, 1.54) is 4.90 Å². The van der Waals surface area contributed by atoms with Crippen LogP contribution >= 0.6 is 0 Å². The summed E-state index contributed by atoms with van der Waals surface area (Å²) in [5.41, 5.74) is 1.02. The second-order valence-electron chi connectivity index (χ2n) is 5.26. The number of carbonyl (C=O) groups is 2. The topological polar surface area (TPSA) is 46.6 Å². The van der Waals surface area contributed by atoms with Crippen molar-refractivity contribution in [2.24, 2.45) is 5.92 Å². The van der Waals surface area contributed by atoms with Crippen molar-refractivity contribution in [1.82, 2.24) is 4.90 Å². The largest absolute Gasteiger partial charge is 0.450 e. The zero-order valence-corrected chi connectivity index (χ0v) is 11.5. The lowest BCUT2D eigenvalue weighted by molar-refractivity contribution is -0.179. The maximum atomic E-state index is 12.2. The lowest BCUT2D eigenvalue weighted by Crippen LogP contribution is -2.56. The molecule has 1 amide bonds. The van der Waals surface area contributed by atoms with Crippen LogP contribution in [0.15, 0.2) is 30.3 Å². The second kappa shape index (κ2) is 5.43. The molecule has 1 saturated heterocycles. The van der Waals surface area contributed by atoms with E-state index in [1.807, 2.05) is 44.2 Å². The normalized spacial score (nSPS) is 23.7. The fourth-order valence-electron chi connectivity index (χ4n) is 2.25. The molecular weight excluding hydrogens is 242 g/mol. The Hall–Kier alpha value is -1.84. The molecule has 0 aromatic heterocycles. The number of esters is 1. The van der Waals surface area contributed by atoms with Crippen LogP contribution in [0.1, 0.15) is 19.4 Å². The highest BCUT2D eigenvalue weighted by molar-refractivity contribution is 5.92. The molecule has 2 rings (SSSR count). The van der Waals surface area contributed by atoms with E-state index in [2.05, 4.69) is 0 Å². The first-order valence-corrected chi connectivity index (χ1v) is 6.51. The first kappa shape index (κ1) is 13.6. The maximum Gasteiger partial charge on any atom is 0.329 e. The minimum Gasteiger partial charge on any atom is -0.450 e. The van der Waals surface area contributed by atoms with E-state index in [0.717, 1.165) is 5.56 Å². The first-order chi connectivity index (χ1) is 9.00. The molecule has 0 N–H and O–H groups in total. The third-order valence-corrected chi connectivity index (χ3v) is 3.45. The molecule has 1 heterocycles. The van der Waals surface area contributed by atoms with Crippen molar-refractivity contribution < 1.29 is 14.3 Å². The maximum absolute atomic E-state index is 12.2. The molecule has 1 aliphatic heterocycles. The number of carbonyl (C=O) groups excluding carboxylic acids is 2. The van der Waals surface area contributed by atoms with Crippen LogP contribution in [-0.4, -0.2) is 36.0 Å². The van der Waals surface area contributed by atoms with Crippen molar-refractivity contribution in [2.75, 3.05) is 7.05 Å². The summed E-state index contributed by atoms with van der Waals surface area (Å²) < 4.78 is 5.29. The van der Waals surface area contributed by atoms with Gasteiger partial charge in [-0.05, 0) is 11.5 Å². The zero-order valence-electron chi connectivity index (χ0n) is 11.5. The Bertz CT molecular complexity index is 470. The Morgan fingerprint density at radius 3 is 2.42 bits per heavy atom. The smallest absolute Gasteiger partial charge is 0.329 e. The summed E-state index contributed by atoms with van der Waals surface area (Å²) in [6, 6.07) is 9.13. The van der Waals surface area contributed by atoms with Crippen LogP contribution in [0.5, 0.6) is 0 Å². The van der Waals surface area contributed by atoms with E-state index < -0.39 is 12.1 Å². The molecule has 102 valence electrons. The molecule has 0 unspecified atom stereocenters. The average Bonchev–Trinajstić information content (AvgIpc) is 2.40. The summed E-state index contributed by atoms with van der Waals surface area (Å²) in [7, 11) is 1.67. The van der Waals surface area contributed by atoms with Gasteiger partial charge >= 0.3 is 5.97 Å². The van der Waals surface area contributed by atoms with Crippen LogP contribution < -0.4 is 0 Å². The molecule has 19 heavy (non-hydrogen) atoms. The molecule has 4 heteroatoms. The van der Waals surface area contributed by atoms with Gasteiger partial charge in [-0.3, -0.25) is 4.79 Å². The number of ether oxygens (including phenoxy) is 1. The number of cyclic esters (lactones) is 1. The third kappa shape index (κ3) is 2.78. The molecule has 0 radical (unpaired) electrons. The summed E-state index contributed by atoms with van der Waals surface area (Å²) in [5, 5.41) is 0. The van der Waals surface area contributed by atoms with E-state index in [-0.39, 0.29) is 17.8 Å². The van der Waals surface area contributed by atoms with Crippen LogP contribution in [0.25, 0.3) is 0 Å². The van der Waals surface area contributed by atoms with Crippen molar-refractivity contribution in [3.63, 3.8) is 0 Å². The zero-order chi connectivity index (χ0) is 14.0. The molecule has 0 aliphatic carbocycles. The first-order valence-electron chi connectivity index (χ1n) is 6.51. The summed E-state index contributed by atoms with van der Waals surface area (Å²) in [6.45, 7) is 3.75. The highest BCUT2D eigenvalue weighted by atomic mass is 16.6. The monoisotopic (exact) mass is 261 g/mol. The van der Waals surface area contributed by atoms with Gasteiger partial charge in [-0.2, -0.15) is 0 Å². The molecule has 1 aliphatic rings. The Balaban J connectivity index is 2.15. The predicted octanol–water partition coefficient (Wildman–Crippen LogP) is 1.64. The summed E-state index contributed by atoms with van der Waals surface area (Å²) >= 11 is 0. The van der Waals surface area contributed by atoms with Crippen LogP contribution in [0.2, 0.25) is 0 Å². The van der Waals surface area contributed by atoms with E-state index >= 15 is 0 Å². The SMILES string of the molecule is CC(C)[C@H]1OC(=O)[C@@H](Cc2ccccc2)N(C)C1=O. The number of likely N-dealkylation sites (N-methyl/N-ethyl adjacent to an activating group) is 1. The Morgan fingerprint density at radius 1 is 1.21 bits per heavy atom. The number of nitrogens with zero attached hydrogens (tertiary/aromatic N) is 1. The third-order valence-electron chi connectivity index (χ3n) is 3.45. The summed E-state index contributed by atoms with van der Waals surface area (Å²) in [4.78, 5) is 25.7. The van der Waals surface area contributed by atoms with Gasteiger partial charge in [-0.1, -0.05) is 44.2 Å². The molecule has 0 bridgehead atoms. The van der Waals surface area contributed by atoms with Gasteiger partial charge in [0.15, 0.2) is 6.10 Å². The highest BCUT2D eigenvalue weighted by Gasteiger charge is 2.41. The second-order valence-corrected chi connectivity index (χ2v) is 5.26. The minimum atomic E-state index is -0.649.